The van der Waals surface area contributed by atoms with Crippen LogP contribution >= 0.6 is 0 Å². The molecule has 33 heavy (non-hydrogen) atoms. The summed E-state index contributed by atoms with van der Waals surface area (Å²) in [4.78, 5) is 20.7. The average molecular weight is 475 g/mol. The summed E-state index contributed by atoms with van der Waals surface area (Å²) in [5.41, 5.74) is 0. The van der Waals surface area contributed by atoms with E-state index in [9.17, 15) is 9.59 Å². The second kappa shape index (κ2) is 27.5. The summed E-state index contributed by atoms with van der Waals surface area (Å²) in [7, 11) is 6.72. The summed E-state index contributed by atoms with van der Waals surface area (Å²) in [6.07, 6.45) is 6.03. The van der Waals surface area contributed by atoms with E-state index in [1.807, 2.05) is 34.6 Å². The van der Waals surface area contributed by atoms with Crippen molar-refractivity contribution in [3.05, 3.63) is 0 Å². The van der Waals surface area contributed by atoms with Crippen molar-refractivity contribution in [1.82, 2.24) is 0 Å². The molecule has 0 rings (SSSR count). The summed E-state index contributed by atoms with van der Waals surface area (Å²) < 4.78 is 1.10. The molecule has 0 radical (unpaired) electrons. The highest BCUT2D eigenvalue weighted by Crippen LogP contribution is 2.02. The highest BCUT2D eigenvalue weighted by molar-refractivity contribution is 5.79. The first kappa shape index (κ1) is 42.5. The van der Waals surface area contributed by atoms with Crippen LogP contribution in [0, 0.1) is 29.6 Å². The minimum absolute atomic E-state index is 0.213. The lowest BCUT2D eigenvalue weighted by atomic mass is 10.1. The third-order valence-electron chi connectivity index (χ3n) is 4.87. The van der Waals surface area contributed by atoms with Gasteiger partial charge in [-0.1, -0.05) is 109 Å². The second-order valence-corrected chi connectivity index (χ2v) is 11.9. The van der Waals surface area contributed by atoms with E-state index in [1.54, 1.807) is 6.92 Å². The van der Waals surface area contributed by atoms with Gasteiger partial charge in [0, 0.05) is 18.3 Å². The van der Waals surface area contributed by atoms with E-state index < -0.39 is 0 Å². The van der Waals surface area contributed by atoms with Crippen LogP contribution in [0.25, 0.3) is 0 Å². The van der Waals surface area contributed by atoms with E-state index >= 15 is 0 Å². The molecule has 0 amide bonds. The lowest BCUT2D eigenvalue weighted by molar-refractivity contribution is -0.870. The van der Waals surface area contributed by atoms with Gasteiger partial charge in [0.25, 0.3) is 0 Å². The van der Waals surface area contributed by atoms with Crippen molar-refractivity contribution in [3.8, 4) is 0 Å². The van der Waals surface area contributed by atoms with E-state index in [2.05, 4.69) is 76.5 Å². The molecule has 0 atom stereocenters. The zero-order valence-corrected chi connectivity index (χ0v) is 26.4. The van der Waals surface area contributed by atoms with Crippen LogP contribution in [0.15, 0.2) is 0 Å². The van der Waals surface area contributed by atoms with Crippen molar-refractivity contribution in [2.45, 2.75) is 129 Å². The molecule has 3 nitrogen and oxygen atoms in total. The molecule has 0 unspecified atom stereocenters. The van der Waals surface area contributed by atoms with Crippen molar-refractivity contribution < 1.29 is 14.1 Å². The van der Waals surface area contributed by atoms with Crippen molar-refractivity contribution in [2.24, 2.45) is 29.6 Å². The number of ketones is 2. The summed E-state index contributed by atoms with van der Waals surface area (Å²) in [6.45, 7) is 30.3. The molecule has 0 spiro atoms. The van der Waals surface area contributed by atoms with Crippen LogP contribution < -0.4 is 0 Å². The van der Waals surface area contributed by atoms with Crippen LogP contribution in [0.5, 0.6) is 0 Å². The molecule has 0 aliphatic rings. The van der Waals surface area contributed by atoms with E-state index in [0.717, 1.165) is 22.2 Å². The fraction of sp³-hybridized carbons (Fsp3) is 0.933. The maximum atomic E-state index is 10.5. The van der Waals surface area contributed by atoms with Gasteiger partial charge in [-0.25, -0.2) is 0 Å². The molecular weight excluding hydrogens is 406 g/mol. The van der Waals surface area contributed by atoms with Crippen LogP contribution in [0.4, 0.5) is 0 Å². The number of hydrogen-bond donors (Lipinski definition) is 0. The topological polar surface area (TPSA) is 34.1 Å². The first-order valence-electron chi connectivity index (χ1n) is 13.6. The van der Waals surface area contributed by atoms with Gasteiger partial charge in [0.05, 0.1) is 27.7 Å². The number of rotatable bonds is 9. The monoisotopic (exact) mass is 475 g/mol. The lowest BCUT2D eigenvalue weighted by Crippen LogP contribution is -2.35. The molecule has 0 fully saturated rings. The Bertz CT molecular complexity index is 402. The van der Waals surface area contributed by atoms with Crippen LogP contribution in [-0.4, -0.2) is 43.7 Å². The summed E-state index contributed by atoms with van der Waals surface area (Å²) >= 11 is 0. The van der Waals surface area contributed by atoms with E-state index in [4.69, 9.17) is 0 Å². The molecule has 0 heterocycles. The van der Waals surface area contributed by atoms with Gasteiger partial charge in [-0.15, -0.1) is 0 Å². The van der Waals surface area contributed by atoms with Gasteiger partial charge in [0.1, 0.15) is 11.6 Å². The van der Waals surface area contributed by atoms with E-state index in [1.165, 1.54) is 32.2 Å². The van der Waals surface area contributed by atoms with Gasteiger partial charge >= 0.3 is 0 Å². The van der Waals surface area contributed by atoms with Crippen LogP contribution in [0.2, 0.25) is 0 Å². The quantitative estimate of drug-likeness (QED) is 0.312. The third-order valence-corrected chi connectivity index (χ3v) is 4.87. The van der Waals surface area contributed by atoms with E-state index in [-0.39, 0.29) is 17.6 Å². The minimum atomic E-state index is 0.213. The predicted octanol–water partition coefficient (Wildman–Crippen LogP) is 9.09. The van der Waals surface area contributed by atoms with E-state index in [0.29, 0.717) is 12.2 Å². The standard InChI is InChI=1S/C8H20N.C6H12O.C6H14.C5H10O.C5H12/c1-8(2)6-7-9(3,4)5;1-4-6(7)5(2)3;1-4-5-6(2)3;1-4(2)5(3)6;1-4-5(2)3/h8H,6-7H2,1-5H3;5H,4H2,1-3H3;6H,4-5H2,1-3H3;4H,1-3H3;5H,4H2,1-3H3/q+1;;;;. The van der Waals surface area contributed by atoms with Crippen LogP contribution in [-0.2, 0) is 9.59 Å². The van der Waals surface area contributed by atoms with Gasteiger partial charge < -0.3 is 4.48 Å². The molecule has 0 aromatic heterocycles. The summed E-state index contributed by atoms with van der Waals surface area (Å²) in [6, 6.07) is 0. The van der Waals surface area contributed by atoms with Gasteiger partial charge in [-0.3, -0.25) is 9.59 Å². The summed E-state index contributed by atoms with van der Waals surface area (Å²) in [5.74, 6) is 3.68. The first-order valence-corrected chi connectivity index (χ1v) is 13.6. The molecule has 204 valence electrons. The Hall–Kier alpha value is -0.700. The molecule has 0 aliphatic carbocycles. The van der Waals surface area contributed by atoms with Crippen LogP contribution in [0.1, 0.15) is 129 Å². The molecule has 0 bridgehead atoms. The van der Waals surface area contributed by atoms with Gasteiger partial charge in [0.15, 0.2) is 0 Å². The van der Waals surface area contributed by atoms with Crippen molar-refractivity contribution >= 4 is 11.6 Å². The Balaban J connectivity index is -0.000000101. The average Bonchev–Trinajstić information content (AvgIpc) is 2.66. The maximum Gasteiger partial charge on any atom is 0.135 e. The number of nitrogens with zero attached hydrogens (tertiary/aromatic N) is 1. The maximum absolute atomic E-state index is 10.5. The number of carbonyl (C=O) groups excluding carboxylic acids is 2. The van der Waals surface area contributed by atoms with Gasteiger partial charge in [-0.05, 0) is 31.1 Å². The predicted molar refractivity (Wildman–Crippen MR) is 153 cm³/mol. The van der Waals surface area contributed by atoms with Crippen molar-refractivity contribution in [1.29, 1.82) is 0 Å². The Labute approximate surface area is 212 Å². The zero-order chi connectivity index (χ0) is 27.8. The fourth-order valence-electron chi connectivity index (χ4n) is 1.63. The molecule has 0 aromatic rings. The zero-order valence-electron chi connectivity index (χ0n) is 26.4. The molecule has 0 saturated carbocycles. The SMILES string of the molecule is CC(=O)C(C)C.CC(C)CC[N+](C)(C)C.CCC(=O)C(C)C.CCC(C)C.CCCC(C)C. The Morgan fingerprint density at radius 3 is 1.00 bits per heavy atom. The Kier molecular flexibility index (Phi) is 35.4. The highest BCUT2D eigenvalue weighted by atomic mass is 16.1. The smallest absolute Gasteiger partial charge is 0.135 e. The normalized spacial score (nSPS) is 10.5. The molecule has 0 aromatic carbocycles. The lowest BCUT2D eigenvalue weighted by Gasteiger charge is -2.24. The second-order valence-electron chi connectivity index (χ2n) is 11.9. The van der Waals surface area contributed by atoms with Crippen LogP contribution in [0.3, 0.4) is 0 Å². The number of hydrogen-bond acceptors (Lipinski definition) is 2. The Morgan fingerprint density at radius 1 is 0.636 bits per heavy atom. The first-order chi connectivity index (χ1) is 14.8. The van der Waals surface area contributed by atoms with Crippen molar-refractivity contribution in [3.63, 3.8) is 0 Å². The highest BCUT2D eigenvalue weighted by Gasteiger charge is 2.06. The largest absolute Gasteiger partial charge is 0.331 e. The number of quaternary nitrogens is 1. The number of carbonyl (C=O) groups is 2. The van der Waals surface area contributed by atoms with Gasteiger partial charge in [0.2, 0.25) is 0 Å². The van der Waals surface area contributed by atoms with Crippen molar-refractivity contribution in [2.75, 3.05) is 27.7 Å². The summed E-state index contributed by atoms with van der Waals surface area (Å²) in [5, 5.41) is 0. The molecule has 0 aliphatic heterocycles. The molecule has 3 heteroatoms. The Morgan fingerprint density at radius 2 is 0.970 bits per heavy atom. The minimum Gasteiger partial charge on any atom is -0.331 e. The van der Waals surface area contributed by atoms with Gasteiger partial charge in [-0.2, -0.15) is 0 Å². The molecule has 0 N–H and O–H groups in total. The fourth-order valence-corrected chi connectivity index (χ4v) is 1.63. The number of Topliss-reactive ketones (excluding diaryl/α,β-unsaturated/α-hetero) is 2. The molecule has 0 saturated heterocycles. The third kappa shape index (κ3) is 65.2. The molecular formula is C30H68NO2+.